The van der Waals surface area contributed by atoms with Crippen molar-refractivity contribution in [3.05, 3.63) is 48.0 Å². The van der Waals surface area contributed by atoms with Crippen LogP contribution < -0.4 is 4.74 Å². The van der Waals surface area contributed by atoms with E-state index in [0.717, 1.165) is 10.6 Å². The van der Waals surface area contributed by atoms with Crippen molar-refractivity contribution in [1.82, 2.24) is 0 Å². The Morgan fingerprint density at radius 1 is 1.16 bits per heavy atom. The Bertz CT molecular complexity index is 596. The Balaban J connectivity index is 2.33. The van der Waals surface area contributed by atoms with Crippen molar-refractivity contribution < 1.29 is 9.84 Å². The van der Waals surface area contributed by atoms with Crippen LogP contribution in [0.15, 0.2) is 52.4 Å². The molecule has 4 heteroatoms. The average molecular weight is 273 g/mol. The zero-order valence-corrected chi connectivity index (χ0v) is 11.6. The van der Waals surface area contributed by atoms with Gasteiger partial charge in [-0.25, -0.2) is 0 Å². The van der Waals surface area contributed by atoms with Crippen LogP contribution in [0.1, 0.15) is 5.56 Å². The van der Waals surface area contributed by atoms with Gasteiger partial charge < -0.3 is 9.84 Å². The summed E-state index contributed by atoms with van der Waals surface area (Å²) in [6.07, 6.45) is 3.66. The summed E-state index contributed by atoms with van der Waals surface area (Å²) in [6, 6.07) is 13.2. The van der Waals surface area contributed by atoms with Gasteiger partial charge in [-0.1, -0.05) is 18.2 Å². The van der Waals surface area contributed by atoms with Gasteiger partial charge in [-0.15, -0.1) is 11.8 Å². The number of hydrogen-bond donors (Lipinski definition) is 1. The molecule has 0 amide bonds. The summed E-state index contributed by atoms with van der Waals surface area (Å²) in [6.45, 7) is 0. The second kappa shape index (κ2) is 6.29. The quantitative estimate of drug-likeness (QED) is 0.679. The second-order valence-electron chi connectivity index (χ2n) is 3.83. The molecule has 2 rings (SSSR count). The summed E-state index contributed by atoms with van der Waals surface area (Å²) in [5, 5.41) is 9.97. The molecule has 0 saturated heterocycles. The molecule has 2 aromatic rings. The van der Waals surface area contributed by atoms with Gasteiger partial charge in [0.15, 0.2) is 11.5 Å². The van der Waals surface area contributed by atoms with E-state index in [2.05, 4.69) is 4.99 Å². The lowest BCUT2D eigenvalue weighted by Crippen LogP contribution is -1.88. The number of thioether (sulfide) groups is 1. The van der Waals surface area contributed by atoms with Gasteiger partial charge in [-0.3, -0.25) is 4.99 Å². The van der Waals surface area contributed by atoms with E-state index < -0.39 is 0 Å². The van der Waals surface area contributed by atoms with E-state index in [-0.39, 0.29) is 5.75 Å². The van der Waals surface area contributed by atoms with Gasteiger partial charge in [0.1, 0.15) is 0 Å². The fraction of sp³-hybridized carbons (Fsp3) is 0.133. The second-order valence-corrected chi connectivity index (χ2v) is 4.68. The number of nitrogens with zero attached hydrogens (tertiary/aromatic N) is 1. The number of phenolic OH excluding ortho intramolecular Hbond substituents is 1. The number of methoxy groups -OCH3 is 1. The van der Waals surface area contributed by atoms with Crippen LogP contribution in [0.25, 0.3) is 0 Å². The molecule has 0 spiro atoms. The minimum Gasteiger partial charge on any atom is -0.504 e. The molecule has 0 aromatic heterocycles. The number of benzene rings is 2. The minimum absolute atomic E-state index is 0.107. The van der Waals surface area contributed by atoms with Crippen LogP contribution in [0.5, 0.6) is 11.5 Å². The van der Waals surface area contributed by atoms with Crippen molar-refractivity contribution in [2.24, 2.45) is 4.99 Å². The van der Waals surface area contributed by atoms with E-state index in [0.29, 0.717) is 11.3 Å². The summed E-state index contributed by atoms with van der Waals surface area (Å²) >= 11 is 1.64. The van der Waals surface area contributed by atoms with E-state index >= 15 is 0 Å². The number of rotatable bonds is 4. The molecule has 3 nitrogen and oxygen atoms in total. The molecule has 19 heavy (non-hydrogen) atoms. The molecule has 98 valence electrons. The van der Waals surface area contributed by atoms with Crippen molar-refractivity contribution in [3.63, 3.8) is 0 Å². The van der Waals surface area contributed by atoms with Crippen LogP contribution in [0, 0.1) is 0 Å². The van der Waals surface area contributed by atoms with E-state index in [9.17, 15) is 5.11 Å². The highest BCUT2D eigenvalue weighted by Gasteiger charge is 2.05. The third-order valence-electron chi connectivity index (χ3n) is 2.68. The molecule has 1 N–H and O–H groups in total. The van der Waals surface area contributed by atoms with Crippen molar-refractivity contribution in [3.8, 4) is 11.5 Å². The summed E-state index contributed by atoms with van der Waals surface area (Å²) < 4.78 is 5.07. The molecular weight excluding hydrogens is 258 g/mol. The first-order valence-electron chi connectivity index (χ1n) is 5.79. The molecule has 0 bridgehead atoms. The standard InChI is InChI=1S/C15H15NO2S/c1-18-13-8-5-6-11(15(13)17)10-16-12-7-3-4-9-14(12)19-2/h3-10,17H,1-2H3. The van der Waals surface area contributed by atoms with Gasteiger partial charge in [0.05, 0.1) is 12.8 Å². The molecule has 0 unspecified atom stereocenters. The predicted octanol–water partition coefficient (Wildman–Crippen LogP) is 3.87. The van der Waals surface area contributed by atoms with Crippen molar-refractivity contribution in [2.75, 3.05) is 13.4 Å². The fourth-order valence-corrected chi connectivity index (χ4v) is 2.23. The van der Waals surface area contributed by atoms with Gasteiger partial charge in [-0.2, -0.15) is 0 Å². The van der Waals surface area contributed by atoms with Gasteiger partial charge in [0.25, 0.3) is 0 Å². The maximum Gasteiger partial charge on any atom is 0.166 e. The summed E-state index contributed by atoms with van der Waals surface area (Å²) in [7, 11) is 1.53. The molecule has 0 fully saturated rings. The molecule has 0 aliphatic rings. The van der Waals surface area contributed by atoms with Crippen LogP contribution >= 0.6 is 11.8 Å². The zero-order chi connectivity index (χ0) is 13.7. The van der Waals surface area contributed by atoms with Crippen molar-refractivity contribution >= 4 is 23.7 Å². The maximum atomic E-state index is 9.97. The van der Waals surface area contributed by atoms with E-state index in [1.165, 1.54) is 7.11 Å². The summed E-state index contributed by atoms with van der Waals surface area (Å²) in [5.41, 5.74) is 1.52. The molecule has 2 aromatic carbocycles. The highest BCUT2D eigenvalue weighted by Crippen LogP contribution is 2.30. The molecule has 0 aliphatic carbocycles. The number of ether oxygens (including phenoxy) is 1. The number of para-hydroxylation sites is 2. The van der Waals surface area contributed by atoms with Crippen LogP contribution in [-0.2, 0) is 0 Å². The average Bonchev–Trinajstić information content (AvgIpc) is 2.46. The lowest BCUT2D eigenvalue weighted by Gasteiger charge is -2.05. The van der Waals surface area contributed by atoms with Crippen LogP contribution in [-0.4, -0.2) is 24.7 Å². The number of aromatic hydroxyl groups is 1. The van der Waals surface area contributed by atoms with Crippen LogP contribution in [0.2, 0.25) is 0 Å². The normalized spacial score (nSPS) is 10.8. The van der Waals surface area contributed by atoms with Crippen LogP contribution in [0.4, 0.5) is 5.69 Å². The summed E-state index contributed by atoms with van der Waals surface area (Å²) in [5.74, 6) is 0.553. The number of hydrogen-bond acceptors (Lipinski definition) is 4. The third kappa shape index (κ3) is 3.09. The summed E-state index contributed by atoms with van der Waals surface area (Å²) in [4.78, 5) is 5.52. The Morgan fingerprint density at radius 3 is 2.68 bits per heavy atom. The van der Waals surface area contributed by atoms with Gasteiger partial charge in [-0.05, 0) is 30.5 Å². The van der Waals surface area contributed by atoms with Crippen LogP contribution in [0.3, 0.4) is 0 Å². The molecule has 0 heterocycles. The van der Waals surface area contributed by atoms with Crippen molar-refractivity contribution in [2.45, 2.75) is 4.90 Å². The largest absolute Gasteiger partial charge is 0.504 e. The lowest BCUT2D eigenvalue weighted by molar-refractivity contribution is 0.373. The van der Waals surface area contributed by atoms with Gasteiger partial charge in [0, 0.05) is 16.7 Å². The fourth-order valence-electron chi connectivity index (χ4n) is 1.68. The lowest BCUT2D eigenvalue weighted by atomic mass is 10.2. The Morgan fingerprint density at radius 2 is 1.95 bits per heavy atom. The van der Waals surface area contributed by atoms with E-state index in [4.69, 9.17) is 4.74 Å². The minimum atomic E-state index is 0.107. The zero-order valence-electron chi connectivity index (χ0n) is 10.8. The molecule has 0 saturated carbocycles. The number of aliphatic imine (C=N–C) groups is 1. The molecule has 0 radical (unpaired) electrons. The predicted molar refractivity (Wildman–Crippen MR) is 80.1 cm³/mol. The first-order chi connectivity index (χ1) is 9.26. The molecule has 0 aliphatic heterocycles. The van der Waals surface area contributed by atoms with Gasteiger partial charge >= 0.3 is 0 Å². The highest BCUT2D eigenvalue weighted by molar-refractivity contribution is 7.98. The third-order valence-corrected chi connectivity index (χ3v) is 3.46. The molecular formula is C15H15NO2S. The SMILES string of the molecule is COc1cccc(C=Nc2ccccc2SC)c1O. The Hall–Kier alpha value is -1.94. The number of phenols is 1. The topological polar surface area (TPSA) is 41.8 Å². The molecule has 0 atom stereocenters. The Kier molecular flexibility index (Phi) is 4.47. The highest BCUT2D eigenvalue weighted by atomic mass is 32.2. The van der Waals surface area contributed by atoms with Crippen molar-refractivity contribution in [1.29, 1.82) is 0 Å². The maximum absolute atomic E-state index is 9.97. The Labute approximate surface area is 117 Å². The first kappa shape index (κ1) is 13.5. The monoisotopic (exact) mass is 273 g/mol. The first-order valence-corrected chi connectivity index (χ1v) is 7.01. The van der Waals surface area contributed by atoms with E-state index in [1.807, 2.05) is 36.6 Å². The van der Waals surface area contributed by atoms with Gasteiger partial charge in [0.2, 0.25) is 0 Å². The van der Waals surface area contributed by atoms with E-state index in [1.54, 1.807) is 30.1 Å². The smallest absolute Gasteiger partial charge is 0.166 e.